The molecule has 4 heavy (non-hydrogen) atoms. The van der Waals surface area contributed by atoms with E-state index in [9.17, 15) is 9.47 Å². The minimum atomic E-state index is -4.77. The molecule has 0 aromatic rings. The van der Waals surface area contributed by atoms with Crippen molar-refractivity contribution < 1.29 is 28.4 Å². The predicted octanol–water partition coefficient (Wildman–Crippen LogP) is 1.26. The van der Waals surface area contributed by atoms with Gasteiger partial charge >= 0.3 is 28.4 Å². The molecule has 0 bridgehead atoms. The van der Waals surface area contributed by atoms with Gasteiger partial charge in [0.2, 0.25) is 0 Å². The Balaban J connectivity index is 2.32. The standard InChI is InChI=1S/3FH.Pt/h3*1H;/q;;;+3/p-3. The molecule has 0 N–H and O–H groups in total. The zero-order valence-corrected chi connectivity index (χ0v) is 3.72. The molecular formula is F3Pt. The average molecular weight is 252 g/mol. The van der Waals surface area contributed by atoms with Crippen molar-refractivity contribution in [2.75, 3.05) is 0 Å². The van der Waals surface area contributed by atoms with Gasteiger partial charge in [0.1, 0.15) is 0 Å². The fourth-order valence-electron chi connectivity index (χ4n) is 0. The van der Waals surface area contributed by atoms with E-state index in [1.165, 1.54) is 0 Å². The Bertz CT molecular complexity index is 8.00. The second kappa shape index (κ2) is 1.77. The van der Waals surface area contributed by atoms with Gasteiger partial charge in [0.05, 0.1) is 0 Å². The average Bonchev–Trinajstić information content (AvgIpc) is 0.811. The van der Waals surface area contributed by atoms with E-state index < -0.39 is 18.9 Å². The molecule has 0 saturated carbocycles. The van der Waals surface area contributed by atoms with Crippen molar-refractivity contribution in [2.24, 2.45) is 0 Å². The van der Waals surface area contributed by atoms with Gasteiger partial charge in [0, 0.05) is 0 Å². The molecule has 0 saturated heterocycles. The van der Waals surface area contributed by atoms with Crippen molar-refractivity contribution in [3.63, 3.8) is 0 Å². The zero-order chi connectivity index (χ0) is 3.58. The third kappa shape index (κ3) is 23.7. The second-order valence-electron chi connectivity index (χ2n) is 0.136. The first kappa shape index (κ1) is 4.48. The first-order valence-electron chi connectivity index (χ1n) is 0.359. The predicted molar refractivity (Wildman–Crippen MR) is 3.32 cm³/mol. The van der Waals surface area contributed by atoms with E-state index in [-0.39, 0.29) is 0 Å². The van der Waals surface area contributed by atoms with Gasteiger partial charge in [0.25, 0.3) is 0 Å². The maximum absolute atomic E-state index is 9.82. The van der Waals surface area contributed by atoms with Crippen molar-refractivity contribution in [2.45, 2.75) is 0 Å². The minimum absolute atomic E-state index is 4.77. The van der Waals surface area contributed by atoms with E-state index in [1.807, 2.05) is 0 Å². The van der Waals surface area contributed by atoms with Gasteiger partial charge in [-0.25, -0.2) is 0 Å². The van der Waals surface area contributed by atoms with E-state index >= 15 is 0 Å². The number of hydrogen-bond donors (Lipinski definition) is 0. The summed E-state index contributed by atoms with van der Waals surface area (Å²) in [5.41, 5.74) is 0. The normalized spacial score (nSPS) is 11.2. The van der Waals surface area contributed by atoms with E-state index in [0.717, 1.165) is 0 Å². The second-order valence-corrected chi connectivity index (χ2v) is 1.11. The van der Waals surface area contributed by atoms with Gasteiger partial charge in [-0.3, -0.25) is 0 Å². The monoisotopic (exact) mass is 252 g/mol. The topological polar surface area (TPSA) is 0 Å². The summed E-state index contributed by atoms with van der Waals surface area (Å²) in [6, 6.07) is 0. The molecule has 0 atom stereocenters. The summed E-state index contributed by atoms with van der Waals surface area (Å²) in [7, 11) is 0. The van der Waals surface area contributed by atoms with Crippen LogP contribution in [0.2, 0.25) is 0 Å². The van der Waals surface area contributed by atoms with Gasteiger partial charge in [-0.05, 0) is 0 Å². The van der Waals surface area contributed by atoms with Crippen LogP contribution in [0.1, 0.15) is 0 Å². The molecule has 31 valence electrons. The van der Waals surface area contributed by atoms with Crippen molar-refractivity contribution in [1.29, 1.82) is 0 Å². The van der Waals surface area contributed by atoms with Crippen LogP contribution >= 0.6 is 0 Å². The summed E-state index contributed by atoms with van der Waals surface area (Å²) in [5.74, 6) is 0. The Labute approximate surface area is 29.1 Å². The van der Waals surface area contributed by atoms with Crippen LogP contribution in [0.5, 0.6) is 0 Å². The van der Waals surface area contributed by atoms with Crippen LogP contribution in [0.25, 0.3) is 0 Å². The quantitative estimate of drug-likeness (QED) is 0.608. The Morgan fingerprint density at radius 2 is 1.00 bits per heavy atom. The van der Waals surface area contributed by atoms with Crippen LogP contribution in [0, 0.1) is 0 Å². The number of hydrogen-bond acceptors (Lipinski definition) is 0. The van der Waals surface area contributed by atoms with Crippen molar-refractivity contribution in [1.82, 2.24) is 0 Å². The molecular weight excluding hydrogens is 252 g/mol. The van der Waals surface area contributed by atoms with Crippen LogP contribution < -0.4 is 0 Å². The Kier molecular flexibility index (Phi) is 1.98. The summed E-state index contributed by atoms with van der Waals surface area (Å²) in [6.45, 7) is 0. The van der Waals surface area contributed by atoms with Crippen LogP contribution in [0.3, 0.4) is 0 Å². The van der Waals surface area contributed by atoms with Crippen LogP contribution in [-0.2, 0) is 18.9 Å². The van der Waals surface area contributed by atoms with Gasteiger partial charge in [-0.15, -0.1) is 0 Å². The van der Waals surface area contributed by atoms with E-state index in [2.05, 4.69) is 0 Å². The first-order chi connectivity index (χ1) is 1.73. The third-order valence-corrected chi connectivity index (χ3v) is 0. The molecule has 0 aliphatic carbocycles. The maximum atomic E-state index is 9.82. The fraction of sp³-hybridized carbons (Fsp3) is 0. The molecule has 4 heteroatoms. The SMILES string of the molecule is [F][Pt]([F])[F]. The molecule has 0 radical (unpaired) electrons. The zero-order valence-electron chi connectivity index (χ0n) is 1.45. The van der Waals surface area contributed by atoms with Crippen molar-refractivity contribution >= 4 is 0 Å². The van der Waals surface area contributed by atoms with Crippen LogP contribution in [-0.4, -0.2) is 0 Å². The summed E-state index contributed by atoms with van der Waals surface area (Å²) in [5, 5.41) is 0. The Morgan fingerprint density at radius 3 is 1.00 bits per heavy atom. The van der Waals surface area contributed by atoms with Gasteiger partial charge in [0.15, 0.2) is 0 Å². The number of rotatable bonds is 0. The molecule has 0 fully saturated rings. The molecule has 0 aromatic heterocycles. The summed E-state index contributed by atoms with van der Waals surface area (Å²) in [4.78, 5) is 0. The molecule has 0 aliphatic heterocycles. The fourth-order valence-corrected chi connectivity index (χ4v) is 0. The molecule has 0 amide bonds. The van der Waals surface area contributed by atoms with Gasteiger partial charge in [-0.1, -0.05) is 0 Å². The Morgan fingerprint density at radius 1 is 1.00 bits per heavy atom. The Hall–Kier alpha value is 0.478. The molecule has 0 nitrogen and oxygen atoms in total. The van der Waals surface area contributed by atoms with Crippen LogP contribution in [0.15, 0.2) is 0 Å². The van der Waals surface area contributed by atoms with Crippen LogP contribution in [0.4, 0.5) is 9.47 Å². The summed E-state index contributed by atoms with van der Waals surface area (Å²) in [6.07, 6.45) is 0. The molecule has 0 aliphatic rings. The molecule has 0 heterocycles. The summed E-state index contributed by atoms with van der Waals surface area (Å²) >= 11 is -4.77. The number of halogens is 3. The van der Waals surface area contributed by atoms with E-state index in [4.69, 9.17) is 0 Å². The molecule has 0 spiro atoms. The van der Waals surface area contributed by atoms with Gasteiger partial charge in [-0.2, -0.15) is 0 Å². The van der Waals surface area contributed by atoms with Crippen molar-refractivity contribution in [3.05, 3.63) is 0 Å². The summed E-state index contributed by atoms with van der Waals surface area (Å²) < 4.78 is 29.5. The molecule has 0 rings (SSSR count). The molecule has 0 unspecified atom stereocenters. The third-order valence-electron chi connectivity index (χ3n) is 0. The van der Waals surface area contributed by atoms with E-state index in [1.54, 1.807) is 0 Å². The van der Waals surface area contributed by atoms with Gasteiger partial charge < -0.3 is 0 Å². The molecule has 0 aromatic carbocycles. The van der Waals surface area contributed by atoms with Crippen molar-refractivity contribution in [3.8, 4) is 0 Å². The first-order valence-corrected chi connectivity index (χ1v) is 2.94. The van der Waals surface area contributed by atoms with E-state index in [0.29, 0.717) is 0 Å².